The highest BCUT2D eigenvalue weighted by Gasteiger charge is 2.20. The van der Waals surface area contributed by atoms with Crippen molar-refractivity contribution in [2.75, 3.05) is 0 Å². The molecule has 34 heavy (non-hydrogen) atoms. The first-order chi connectivity index (χ1) is 16.4. The summed E-state index contributed by atoms with van der Waals surface area (Å²) < 4.78 is 45.2. The highest BCUT2D eigenvalue weighted by Crippen LogP contribution is 2.17. The summed E-state index contributed by atoms with van der Waals surface area (Å²) in [5.41, 5.74) is -0.242. The van der Waals surface area contributed by atoms with Crippen LogP contribution in [-0.2, 0) is 13.1 Å². The summed E-state index contributed by atoms with van der Waals surface area (Å²) in [6, 6.07) is 17.4. The summed E-state index contributed by atoms with van der Waals surface area (Å²) in [4.78, 5) is 31.1. The Labute approximate surface area is 190 Å². The molecule has 0 aliphatic rings. The fourth-order valence-corrected chi connectivity index (χ4v) is 3.89. The van der Waals surface area contributed by atoms with Crippen molar-refractivity contribution in [3.8, 4) is 5.69 Å². The van der Waals surface area contributed by atoms with Gasteiger partial charge in [-0.2, -0.15) is 0 Å². The quantitative estimate of drug-likeness (QED) is 0.399. The van der Waals surface area contributed by atoms with Crippen LogP contribution in [0.5, 0.6) is 0 Å². The van der Waals surface area contributed by atoms with Gasteiger partial charge in [0, 0.05) is 11.6 Å². The Morgan fingerprint density at radius 3 is 2.29 bits per heavy atom. The number of aromatic nitrogens is 4. The van der Waals surface area contributed by atoms with Crippen LogP contribution in [0.25, 0.3) is 16.9 Å². The van der Waals surface area contributed by atoms with E-state index in [1.165, 1.54) is 35.2 Å². The molecule has 0 aliphatic carbocycles. The van der Waals surface area contributed by atoms with Crippen molar-refractivity contribution in [3.05, 3.63) is 129 Å². The van der Waals surface area contributed by atoms with Crippen LogP contribution in [0, 0.1) is 17.5 Å². The van der Waals surface area contributed by atoms with Gasteiger partial charge in [-0.05, 0) is 29.8 Å². The fraction of sp³-hybridized carbons (Fsp3) is 0.0800. The monoisotopic (exact) mass is 462 g/mol. The molecule has 6 nitrogen and oxygen atoms in total. The van der Waals surface area contributed by atoms with Crippen LogP contribution < -0.4 is 11.2 Å². The highest BCUT2D eigenvalue weighted by molar-refractivity contribution is 5.72. The number of nitrogens with zero attached hydrogens (tertiary/aromatic N) is 4. The van der Waals surface area contributed by atoms with Gasteiger partial charge in [-0.1, -0.05) is 42.5 Å². The van der Waals surface area contributed by atoms with Crippen LogP contribution in [0.4, 0.5) is 13.2 Å². The van der Waals surface area contributed by atoms with Gasteiger partial charge in [0.05, 0.1) is 25.1 Å². The minimum absolute atomic E-state index is 0.00688. The van der Waals surface area contributed by atoms with Crippen molar-refractivity contribution >= 4 is 11.2 Å². The molecule has 0 saturated carbocycles. The van der Waals surface area contributed by atoms with Gasteiger partial charge in [-0.25, -0.2) is 27.5 Å². The first kappa shape index (κ1) is 21.4. The molecular weight excluding hydrogens is 445 g/mol. The van der Waals surface area contributed by atoms with Gasteiger partial charge >= 0.3 is 5.69 Å². The molecule has 0 unspecified atom stereocenters. The van der Waals surface area contributed by atoms with Crippen molar-refractivity contribution < 1.29 is 13.2 Å². The van der Waals surface area contributed by atoms with Crippen molar-refractivity contribution in [2.45, 2.75) is 13.1 Å². The Bertz CT molecular complexity index is 1640. The first-order valence-corrected chi connectivity index (χ1v) is 10.4. The van der Waals surface area contributed by atoms with Gasteiger partial charge in [0.1, 0.15) is 17.5 Å². The van der Waals surface area contributed by atoms with E-state index >= 15 is 0 Å². The lowest BCUT2D eigenvalue weighted by molar-refractivity contribution is 0.567. The summed E-state index contributed by atoms with van der Waals surface area (Å²) >= 11 is 0. The van der Waals surface area contributed by atoms with E-state index in [-0.39, 0.29) is 35.5 Å². The van der Waals surface area contributed by atoms with Crippen LogP contribution in [0.1, 0.15) is 11.1 Å². The number of rotatable bonds is 5. The summed E-state index contributed by atoms with van der Waals surface area (Å²) in [6.45, 7) is -0.148. The van der Waals surface area contributed by atoms with Gasteiger partial charge < -0.3 is 4.57 Å². The molecule has 0 saturated heterocycles. The van der Waals surface area contributed by atoms with E-state index in [1.54, 1.807) is 24.3 Å². The molecule has 0 aliphatic heterocycles. The van der Waals surface area contributed by atoms with E-state index < -0.39 is 28.7 Å². The number of imidazole rings is 1. The van der Waals surface area contributed by atoms with Crippen LogP contribution in [0.3, 0.4) is 0 Å². The number of fused-ring (bicyclic) bond motifs is 1. The van der Waals surface area contributed by atoms with E-state index in [9.17, 15) is 22.8 Å². The van der Waals surface area contributed by atoms with E-state index in [0.29, 0.717) is 5.56 Å². The van der Waals surface area contributed by atoms with Gasteiger partial charge in [-0.3, -0.25) is 9.36 Å². The molecule has 5 rings (SSSR count). The summed E-state index contributed by atoms with van der Waals surface area (Å²) in [5.74, 6) is -2.06. The molecule has 2 heterocycles. The molecule has 9 heteroatoms. The second-order valence-corrected chi connectivity index (χ2v) is 7.76. The number of hydrogen-bond donors (Lipinski definition) is 0. The fourth-order valence-electron chi connectivity index (χ4n) is 3.89. The molecule has 170 valence electrons. The van der Waals surface area contributed by atoms with Gasteiger partial charge in [0.15, 0.2) is 11.2 Å². The standard InChI is InChI=1S/C25H17F3N4O2/c26-18-7-4-8-20(11-18)32-23-22(24(33)31(25(32)34)13-16-5-2-1-3-6-16)30(15-29-23)14-17-9-10-19(27)12-21(17)28/h1-12,15H,13-14H2. The summed E-state index contributed by atoms with van der Waals surface area (Å²) in [6.07, 6.45) is 1.30. The van der Waals surface area contributed by atoms with Crippen LogP contribution >= 0.6 is 0 Å². The Kier molecular flexibility index (Phi) is 5.37. The minimum atomic E-state index is -0.773. The smallest absolute Gasteiger partial charge is 0.320 e. The van der Waals surface area contributed by atoms with Gasteiger partial charge in [-0.15, -0.1) is 0 Å². The first-order valence-electron chi connectivity index (χ1n) is 10.4. The maximum Gasteiger partial charge on any atom is 0.337 e. The minimum Gasteiger partial charge on any atom is -0.320 e. The Hall–Kier alpha value is -4.40. The maximum atomic E-state index is 14.3. The zero-order chi connectivity index (χ0) is 23.8. The Morgan fingerprint density at radius 1 is 0.794 bits per heavy atom. The van der Waals surface area contributed by atoms with Crippen molar-refractivity contribution in [3.63, 3.8) is 0 Å². The molecule has 0 bridgehead atoms. The zero-order valence-corrected chi connectivity index (χ0v) is 17.7. The zero-order valence-electron chi connectivity index (χ0n) is 17.7. The number of hydrogen-bond acceptors (Lipinski definition) is 3. The lowest BCUT2D eigenvalue weighted by Crippen LogP contribution is -2.40. The second-order valence-electron chi connectivity index (χ2n) is 7.76. The molecule has 0 atom stereocenters. The topological polar surface area (TPSA) is 61.8 Å². The highest BCUT2D eigenvalue weighted by atomic mass is 19.1. The van der Waals surface area contributed by atoms with Crippen molar-refractivity contribution in [1.82, 2.24) is 18.7 Å². The molecule has 0 radical (unpaired) electrons. The van der Waals surface area contributed by atoms with Gasteiger partial charge in [0.2, 0.25) is 0 Å². The normalized spacial score (nSPS) is 11.3. The predicted molar refractivity (Wildman–Crippen MR) is 121 cm³/mol. The maximum absolute atomic E-state index is 14.3. The van der Waals surface area contributed by atoms with Crippen LogP contribution in [0.2, 0.25) is 0 Å². The average Bonchev–Trinajstić information content (AvgIpc) is 3.23. The van der Waals surface area contributed by atoms with Crippen molar-refractivity contribution in [2.24, 2.45) is 0 Å². The molecule has 0 amide bonds. The lowest BCUT2D eigenvalue weighted by atomic mass is 10.2. The van der Waals surface area contributed by atoms with E-state index in [4.69, 9.17) is 0 Å². The molecule has 3 aromatic carbocycles. The third kappa shape index (κ3) is 3.81. The Balaban J connectivity index is 1.77. The van der Waals surface area contributed by atoms with E-state index in [0.717, 1.165) is 27.3 Å². The van der Waals surface area contributed by atoms with E-state index in [1.807, 2.05) is 6.07 Å². The molecule has 5 aromatic rings. The number of halogens is 3. The largest absolute Gasteiger partial charge is 0.337 e. The summed E-state index contributed by atoms with van der Waals surface area (Å²) in [7, 11) is 0. The van der Waals surface area contributed by atoms with Crippen LogP contribution in [0.15, 0.2) is 88.7 Å². The summed E-state index contributed by atoms with van der Waals surface area (Å²) in [5, 5.41) is 0. The van der Waals surface area contributed by atoms with Gasteiger partial charge in [0.25, 0.3) is 5.56 Å². The number of benzene rings is 3. The third-order valence-corrected chi connectivity index (χ3v) is 5.51. The lowest BCUT2D eigenvalue weighted by Gasteiger charge is -2.13. The Morgan fingerprint density at radius 2 is 1.56 bits per heavy atom. The molecular formula is C25H17F3N4O2. The molecule has 0 N–H and O–H groups in total. The van der Waals surface area contributed by atoms with Crippen LogP contribution in [-0.4, -0.2) is 18.7 Å². The third-order valence-electron chi connectivity index (χ3n) is 5.51. The molecule has 2 aromatic heterocycles. The molecule has 0 fully saturated rings. The second kappa shape index (κ2) is 8.51. The molecule has 0 spiro atoms. The predicted octanol–water partition coefficient (Wildman–Crippen LogP) is 3.86. The van der Waals surface area contributed by atoms with E-state index in [2.05, 4.69) is 4.98 Å². The average molecular weight is 462 g/mol. The van der Waals surface area contributed by atoms with Crippen molar-refractivity contribution in [1.29, 1.82) is 0 Å². The SMILES string of the molecule is O=c1c2c(ncn2Cc2ccc(F)cc2F)n(-c2cccc(F)c2)c(=O)n1Cc1ccccc1.